The molecule has 4 heterocycles. The van der Waals surface area contributed by atoms with Crippen molar-refractivity contribution in [3.8, 4) is 0 Å². The number of aromatic nitrogens is 3. The largest absolute Gasteiger partial charge is 0.343 e. The van der Waals surface area contributed by atoms with Crippen LogP contribution >= 0.6 is 0 Å². The molecule has 2 aliphatic rings. The summed E-state index contributed by atoms with van der Waals surface area (Å²) < 4.78 is 0. The molecule has 108 valence electrons. The number of carbonyl (C=O) groups excluding carboxylic acids is 1. The molecule has 0 spiro atoms. The van der Waals surface area contributed by atoms with Crippen LogP contribution in [0.5, 0.6) is 0 Å². The lowest BCUT2D eigenvalue weighted by molar-refractivity contribution is -0.120. The zero-order valence-corrected chi connectivity index (χ0v) is 12.2. The van der Waals surface area contributed by atoms with E-state index < -0.39 is 0 Å². The molecule has 1 unspecified atom stereocenters. The second-order valence-corrected chi connectivity index (χ2v) is 5.76. The van der Waals surface area contributed by atoms with Crippen molar-refractivity contribution >= 4 is 28.4 Å². The van der Waals surface area contributed by atoms with Crippen molar-refractivity contribution in [1.29, 1.82) is 0 Å². The van der Waals surface area contributed by atoms with Crippen LogP contribution < -0.4 is 9.80 Å². The van der Waals surface area contributed by atoms with Gasteiger partial charge in [-0.25, -0.2) is 15.0 Å². The van der Waals surface area contributed by atoms with Gasteiger partial charge in [0.05, 0.1) is 5.69 Å². The summed E-state index contributed by atoms with van der Waals surface area (Å²) in [6.07, 6.45) is 4.89. The lowest BCUT2D eigenvalue weighted by atomic mass is 9.98. The molecule has 2 aromatic heterocycles. The number of carbonyl (C=O) groups is 1. The lowest BCUT2D eigenvalue weighted by Gasteiger charge is -2.43. The Bertz CT molecular complexity index is 744. The summed E-state index contributed by atoms with van der Waals surface area (Å²) in [4.78, 5) is 29.8. The smallest absolute Gasteiger partial charge is 0.249 e. The topological polar surface area (TPSA) is 62.2 Å². The molecular formula is C15H17N5O. The third kappa shape index (κ3) is 1.78. The standard InChI is InChI=1S/C15H17N5O/c1-9-16-8-10-7-12-14(18-13(10)17-9)20-6-4-3-5-11(20)15(21)19(12)2/h7-8,11H,3-6H2,1-2H3. The number of rotatable bonds is 0. The normalized spacial score (nSPS) is 21.4. The number of piperidine rings is 1. The minimum Gasteiger partial charge on any atom is -0.343 e. The van der Waals surface area contributed by atoms with Gasteiger partial charge in [-0.3, -0.25) is 4.79 Å². The van der Waals surface area contributed by atoms with E-state index in [2.05, 4.69) is 14.9 Å². The summed E-state index contributed by atoms with van der Waals surface area (Å²) in [5.41, 5.74) is 1.56. The molecule has 21 heavy (non-hydrogen) atoms. The number of nitrogens with zero attached hydrogens (tertiary/aromatic N) is 5. The van der Waals surface area contributed by atoms with Gasteiger partial charge >= 0.3 is 0 Å². The molecule has 2 aromatic rings. The number of pyridine rings is 1. The van der Waals surface area contributed by atoms with Gasteiger partial charge in [-0.05, 0) is 32.3 Å². The minimum atomic E-state index is -0.0656. The lowest BCUT2D eigenvalue weighted by Crippen LogP contribution is -2.54. The molecule has 2 aliphatic heterocycles. The maximum Gasteiger partial charge on any atom is 0.249 e. The van der Waals surface area contributed by atoms with Crippen LogP contribution in [-0.4, -0.2) is 40.5 Å². The summed E-state index contributed by atoms with van der Waals surface area (Å²) >= 11 is 0. The van der Waals surface area contributed by atoms with Crippen molar-refractivity contribution in [3.05, 3.63) is 18.1 Å². The fraction of sp³-hybridized carbons (Fsp3) is 0.467. The first-order chi connectivity index (χ1) is 10.1. The Hall–Kier alpha value is -2.24. The predicted octanol–water partition coefficient (Wildman–Crippen LogP) is 1.67. The zero-order chi connectivity index (χ0) is 14.6. The molecule has 0 saturated carbocycles. The van der Waals surface area contributed by atoms with Gasteiger partial charge in [-0.2, -0.15) is 0 Å². The second kappa shape index (κ2) is 4.38. The van der Waals surface area contributed by atoms with Crippen LogP contribution in [0.3, 0.4) is 0 Å². The third-order valence-corrected chi connectivity index (χ3v) is 4.40. The quantitative estimate of drug-likeness (QED) is 0.736. The number of fused-ring (bicyclic) bond motifs is 4. The molecule has 1 fully saturated rings. The molecule has 0 radical (unpaired) electrons. The van der Waals surface area contributed by atoms with Crippen LogP contribution in [0.4, 0.5) is 11.5 Å². The van der Waals surface area contributed by atoms with Crippen molar-refractivity contribution < 1.29 is 4.79 Å². The summed E-state index contributed by atoms with van der Waals surface area (Å²) in [5.74, 6) is 1.76. The monoisotopic (exact) mass is 283 g/mol. The Labute approximate surface area is 122 Å². The molecule has 1 amide bonds. The Balaban J connectivity index is 1.95. The first kappa shape index (κ1) is 12.5. The van der Waals surface area contributed by atoms with Crippen LogP contribution in [0.15, 0.2) is 12.3 Å². The SMILES string of the molecule is Cc1ncc2cc3c(nc2n1)N1CCCCC1C(=O)N3C. The minimum absolute atomic E-state index is 0.0656. The van der Waals surface area contributed by atoms with Crippen molar-refractivity contribution in [2.45, 2.75) is 32.2 Å². The summed E-state index contributed by atoms with van der Waals surface area (Å²) in [5, 5.41) is 0.870. The van der Waals surface area contributed by atoms with Crippen LogP contribution in [-0.2, 0) is 4.79 Å². The summed E-state index contributed by atoms with van der Waals surface area (Å²) in [6.45, 7) is 2.75. The van der Waals surface area contributed by atoms with Gasteiger partial charge in [0.15, 0.2) is 11.5 Å². The van der Waals surface area contributed by atoms with E-state index in [-0.39, 0.29) is 11.9 Å². The van der Waals surface area contributed by atoms with E-state index in [1.165, 1.54) is 0 Å². The van der Waals surface area contributed by atoms with E-state index in [9.17, 15) is 4.79 Å². The fourth-order valence-electron chi connectivity index (χ4n) is 3.27. The van der Waals surface area contributed by atoms with Crippen LogP contribution in [0.2, 0.25) is 0 Å². The van der Waals surface area contributed by atoms with E-state index >= 15 is 0 Å². The maximum atomic E-state index is 12.5. The number of hydrogen-bond donors (Lipinski definition) is 0. The molecule has 6 heteroatoms. The molecule has 0 N–H and O–H groups in total. The number of amides is 1. The highest BCUT2D eigenvalue weighted by Gasteiger charge is 2.39. The van der Waals surface area contributed by atoms with Gasteiger partial charge in [0.2, 0.25) is 5.91 Å². The van der Waals surface area contributed by atoms with E-state index in [0.29, 0.717) is 11.5 Å². The average Bonchev–Trinajstić information content (AvgIpc) is 2.51. The molecular weight excluding hydrogens is 266 g/mol. The van der Waals surface area contributed by atoms with Gasteiger partial charge in [0.25, 0.3) is 0 Å². The van der Waals surface area contributed by atoms with E-state index in [4.69, 9.17) is 4.98 Å². The van der Waals surface area contributed by atoms with E-state index in [1.807, 2.05) is 20.0 Å². The molecule has 4 rings (SSSR count). The Kier molecular flexibility index (Phi) is 2.60. The molecule has 0 bridgehead atoms. The van der Waals surface area contributed by atoms with Crippen molar-refractivity contribution in [1.82, 2.24) is 15.0 Å². The highest BCUT2D eigenvalue weighted by Crippen LogP contribution is 2.38. The maximum absolute atomic E-state index is 12.5. The average molecular weight is 283 g/mol. The molecule has 1 saturated heterocycles. The van der Waals surface area contributed by atoms with Gasteiger partial charge in [0, 0.05) is 25.2 Å². The predicted molar refractivity (Wildman–Crippen MR) is 80.5 cm³/mol. The van der Waals surface area contributed by atoms with Gasteiger partial charge in [-0.15, -0.1) is 0 Å². The Morgan fingerprint density at radius 2 is 2.14 bits per heavy atom. The number of aryl methyl sites for hydroxylation is 1. The van der Waals surface area contributed by atoms with Gasteiger partial charge < -0.3 is 9.80 Å². The Morgan fingerprint density at radius 3 is 3.00 bits per heavy atom. The van der Waals surface area contributed by atoms with Gasteiger partial charge in [-0.1, -0.05) is 0 Å². The van der Waals surface area contributed by atoms with Crippen molar-refractivity contribution in [2.75, 3.05) is 23.4 Å². The number of likely N-dealkylation sites (N-methyl/N-ethyl adjacent to an activating group) is 1. The summed E-state index contributed by atoms with van der Waals surface area (Å²) in [6, 6.07) is 1.91. The highest BCUT2D eigenvalue weighted by atomic mass is 16.2. The molecule has 6 nitrogen and oxygen atoms in total. The molecule has 0 aliphatic carbocycles. The first-order valence-electron chi connectivity index (χ1n) is 7.34. The van der Waals surface area contributed by atoms with Crippen molar-refractivity contribution in [2.24, 2.45) is 0 Å². The number of anilines is 2. The fourth-order valence-corrected chi connectivity index (χ4v) is 3.27. The Morgan fingerprint density at radius 1 is 1.29 bits per heavy atom. The highest BCUT2D eigenvalue weighted by molar-refractivity contribution is 6.06. The van der Waals surface area contributed by atoms with Crippen LogP contribution in [0, 0.1) is 6.92 Å². The molecule has 0 aromatic carbocycles. The summed E-state index contributed by atoms with van der Waals surface area (Å²) in [7, 11) is 1.83. The second-order valence-electron chi connectivity index (χ2n) is 5.76. The van der Waals surface area contributed by atoms with Crippen molar-refractivity contribution in [3.63, 3.8) is 0 Å². The molecule has 1 atom stereocenters. The number of hydrogen-bond acceptors (Lipinski definition) is 5. The van der Waals surface area contributed by atoms with E-state index in [1.54, 1.807) is 11.1 Å². The van der Waals surface area contributed by atoms with E-state index in [0.717, 1.165) is 42.7 Å². The van der Waals surface area contributed by atoms with Crippen LogP contribution in [0.1, 0.15) is 25.1 Å². The third-order valence-electron chi connectivity index (χ3n) is 4.40. The van der Waals surface area contributed by atoms with Crippen LogP contribution in [0.25, 0.3) is 11.0 Å². The first-order valence-corrected chi connectivity index (χ1v) is 7.34. The zero-order valence-electron chi connectivity index (χ0n) is 12.2. The van der Waals surface area contributed by atoms with Gasteiger partial charge in [0.1, 0.15) is 11.9 Å².